The molecule has 1 aromatic heterocycles. The first kappa shape index (κ1) is 20.1. The maximum Gasteiger partial charge on any atom is 0.188 e. The van der Waals surface area contributed by atoms with Crippen molar-refractivity contribution in [2.45, 2.75) is 13.0 Å². The van der Waals surface area contributed by atoms with Crippen LogP contribution in [-0.4, -0.2) is 53.0 Å². The Morgan fingerprint density at radius 3 is 2.63 bits per heavy atom. The number of hydrogen-bond acceptors (Lipinski definition) is 7. The molecule has 7 heteroatoms. The molecule has 3 aromatic rings. The maximum absolute atomic E-state index is 10.0. The van der Waals surface area contributed by atoms with Gasteiger partial charge in [0.1, 0.15) is 11.4 Å². The van der Waals surface area contributed by atoms with Crippen LogP contribution in [0.1, 0.15) is 11.1 Å². The predicted molar refractivity (Wildman–Crippen MR) is 117 cm³/mol. The highest BCUT2D eigenvalue weighted by Gasteiger charge is 2.12. The number of phenolic OH excluding ortho intramolecular Hbond substituents is 1. The van der Waals surface area contributed by atoms with Crippen molar-refractivity contribution in [1.82, 2.24) is 20.4 Å². The van der Waals surface area contributed by atoms with Crippen LogP contribution >= 0.6 is 0 Å². The zero-order valence-electron chi connectivity index (χ0n) is 16.9. The summed E-state index contributed by atoms with van der Waals surface area (Å²) in [6, 6.07) is 17.3. The molecule has 0 unspecified atom stereocenters. The number of nitrogens with one attached hydrogen (secondary N) is 1. The predicted octanol–water partition coefficient (Wildman–Crippen LogP) is 2.46. The van der Waals surface area contributed by atoms with Crippen LogP contribution in [0.15, 0.2) is 54.6 Å². The molecule has 0 amide bonds. The molecule has 1 aliphatic rings. The smallest absolute Gasteiger partial charge is 0.188 e. The number of nitrogens with two attached hydrogens (primary N) is 1. The molecule has 0 bridgehead atoms. The summed E-state index contributed by atoms with van der Waals surface area (Å²) in [5, 5.41) is 21.5. The fourth-order valence-electron chi connectivity index (χ4n) is 3.61. The Morgan fingerprint density at radius 2 is 1.80 bits per heavy atom. The standard InChI is InChI=1S/C23H27N5O2/c24-23-22(15-20(26-27-23)19-6-1-2-7-21(19)29)30-13-8-17-4-3-5-18(14-17)16-28-11-9-25-10-12-28/h1-7,14-15,25,29H,8-13,16H2,(H2,24,27). The van der Waals surface area contributed by atoms with Crippen molar-refractivity contribution in [2.75, 3.05) is 38.5 Å². The second kappa shape index (κ2) is 9.56. The van der Waals surface area contributed by atoms with Gasteiger partial charge in [0.05, 0.1) is 6.61 Å². The van der Waals surface area contributed by atoms with Crippen LogP contribution in [0.2, 0.25) is 0 Å². The number of rotatable bonds is 7. The van der Waals surface area contributed by atoms with E-state index in [2.05, 4.69) is 44.7 Å². The van der Waals surface area contributed by atoms with Crippen molar-refractivity contribution < 1.29 is 9.84 Å². The summed E-state index contributed by atoms with van der Waals surface area (Å²) in [5.41, 5.74) is 9.60. The molecule has 2 aromatic carbocycles. The van der Waals surface area contributed by atoms with Gasteiger partial charge in [-0.2, -0.15) is 0 Å². The second-order valence-corrected chi connectivity index (χ2v) is 7.44. The quantitative estimate of drug-likeness (QED) is 0.556. The molecule has 2 heterocycles. The van der Waals surface area contributed by atoms with Gasteiger partial charge in [-0.3, -0.25) is 4.90 Å². The van der Waals surface area contributed by atoms with Gasteiger partial charge in [-0.1, -0.05) is 36.4 Å². The third kappa shape index (κ3) is 5.06. The third-order valence-corrected chi connectivity index (χ3v) is 5.22. The first-order chi connectivity index (χ1) is 14.7. The number of nitrogens with zero attached hydrogens (tertiary/aromatic N) is 3. The van der Waals surface area contributed by atoms with Crippen molar-refractivity contribution in [3.63, 3.8) is 0 Å². The number of anilines is 1. The number of ether oxygens (including phenoxy) is 1. The molecule has 0 aliphatic carbocycles. The van der Waals surface area contributed by atoms with Crippen LogP contribution in [0.3, 0.4) is 0 Å². The molecule has 0 saturated carbocycles. The van der Waals surface area contributed by atoms with Gasteiger partial charge in [0.2, 0.25) is 0 Å². The Hall–Kier alpha value is -3.16. The van der Waals surface area contributed by atoms with Crippen molar-refractivity contribution in [3.05, 3.63) is 65.7 Å². The number of nitrogen functional groups attached to an aromatic ring is 1. The highest BCUT2D eigenvalue weighted by molar-refractivity contribution is 5.68. The zero-order chi connectivity index (χ0) is 20.8. The Bertz CT molecular complexity index is 989. The van der Waals surface area contributed by atoms with Crippen molar-refractivity contribution in [2.24, 2.45) is 0 Å². The van der Waals surface area contributed by atoms with E-state index in [0.717, 1.165) is 39.1 Å². The van der Waals surface area contributed by atoms with Gasteiger partial charge in [-0.15, -0.1) is 10.2 Å². The Morgan fingerprint density at radius 1 is 1.00 bits per heavy atom. The zero-order valence-corrected chi connectivity index (χ0v) is 16.9. The van der Waals surface area contributed by atoms with E-state index in [0.29, 0.717) is 23.6 Å². The van der Waals surface area contributed by atoms with Crippen molar-refractivity contribution in [1.29, 1.82) is 0 Å². The van der Waals surface area contributed by atoms with Crippen LogP contribution in [-0.2, 0) is 13.0 Å². The summed E-state index contributed by atoms with van der Waals surface area (Å²) in [6.07, 6.45) is 0.767. The van der Waals surface area contributed by atoms with E-state index in [9.17, 15) is 5.11 Å². The van der Waals surface area contributed by atoms with Gasteiger partial charge in [0, 0.05) is 50.8 Å². The number of piperazine rings is 1. The summed E-state index contributed by atoms with van der Waals surface area (Å²) in [6.45, 7) is 5.73. The van der Waals surface area contributed by atoms with Crippen molar-refractivity contribution >= 4 is 5.82 Å². The molecule has 0 atom stereocenters. The molecule has 0 radical (unpaired) electrons. The molecule has 1 fully saturated rings. The number of hydrogen-bond donors (Lipinski definition) is 3. The molecule has 4 rings (SSSR count). The molecule has 1 saturated heterocycles. The first-order valence-corrected chi connectivity index (χ1v) is 10.2. The van der Waals surface area contributed by atoms with E-state index >= 15 is 0 Å². The highest BCUT2D eigenvalue weighted by atomic mass is 16.5. The SMILES string of the molecule is Nc1nnc(-c2ccccc2O)cc1OCCc1cccc(CN2CCNCC2)c1. The lowest BCUT2D eigenvalue weighted by Gasteiger charge is -2.27. The lowest BCUT2D eigenvalue weighted by atomic mass is 10.1. The lowest BCUT2D eigenvalue weighted by molar-refractivity contribution is 0.233. The Labute approximate surface area is 176 Å². The molecule has 7 nitrogen and oxygen atoms in total. The van der Waals surface area contributed by atoms with Gasteiger partial charge in [0.15, 0.2) is 11.6 Å². The number of aromatic nitrogens is 2. The molecule has 156 valence electrons. The van der Waals surface area contributed by atoms with Crippen LogP contribution in [0.4, 0.5) is 5.82 Å². The number of aromatic hydroxyl groups is 1. The minimum Gasteiger partial charge on any atom is -0.507 e. The molecule has 0 spiro atoms. The van der Waals surface area contributed by atoms with E-state index in [1.807, 2.05) is 6.07 Å². The largest absolute Gasteiger partial charge is 0.507 e. The number of benzene rings is 2. The van der Waals surface area contributed by atoms with Gasteiger partial charge in [0.25, 0.3) is 0 Å². The number of para-hydroxylation sites is 1. The molecule has 1 aliphatic heterocycles. The topological polar surface area (TPSA) is 96.5 Å². The fraction of sp³-hybridized carbons (Fsp3) is 0.304. The number of phenols is 1. The fourth-order valence-corrected chi connectivity index (χ4v) is 3.61. The lowest BCUT2D eigenvalue weighted by Crippen LogP contribution is -2.42. The molecule has 30 heavy (non-hydrogen) atoms. The van der Waals surface area contributed by atoms with E-state index in [1.165, 1.54) is 11.1 Å². The van der Waals surface area contributed by atoms with E-state index < -0.39 is 0 Å². The maximum atomic E-state index is 10.0. The van der Waals surface area contributed by atoms with Crippen molar-refractivity contribution in [3.8, 4) is 22.8 Å². The summed E-state index contributed by atoms with van der Waals surface area (Å²) >= 11 is 0. The summed E-state index contributed by atoms with van der Waals surface area (Å²) in [5.74, 6) is 0.852. The molecular formula is C23H27N5O2. The average Bonchev–Trinajstić information content (AvgIpc) is 2.77. The van der Waals surface area contributed by atoms with Crippen LogP contribution in [0.5, 0.6) is 11.5 Å². The van der Waals surface area contributed by atoms with Crippen LogP contribution in [0.25, 0.3) is 11.3 Å². The van der Waals surface area contributed by atoms with Gasteiger partial charge >= 0.3 is 0 Å². The summed E-state index contributed by atoms with van der Waals surface area (Å²) in [7, 11) is 0. The van der Waals surface area contributed by atoms with Crippen LogP contribution in [0, 0.1) is 0 Å². The average molecular weight is 406 g/mol. The monoisotopic (exact) mass is 405 g/mol. The van der Waals surface area contributed by atoms with Gasteiger partial charge in [-0.05, 0) is 23.3 Å². The van der Waals surface area contributed by atoms with Gasteiger partial charge < -0.3 is 20.9 Å². The Kier molecular flexibility index (Phi) is 6.41. The summed E-state index contributed by atoms with van der Waals surface area (Å²) < 4.78 is 5.90. The van der Waals surface area contributed by atoms with E-state index in [-0.39, 0.29) is 11.6 Å². The normalized spacial score (nSPS) is 14.5. The Balaban J connectivity index is 1.38. The first-order valence-electron chi connectivity index (χ1n) is 10.2. The summed E-state index contributed by atoms with van der Waals surface area (Å²) in [4.78, 5) is 2.47. The third-order valence-electron chi connectivity index (χ3n) is 5.22. The van der Waals surface area contributed by atoms with Gasteiger partial charge in [-0.25, -0.2) is 0 Å². The second-order valence-electron chi connectivity index (χ2n) is 7.44. The molecule has 4 N–H and O–H groups in total. The van der Waals surface area contributed by atoms with E-state index in [1.54, 1.807) is 24.3 Å². The highest BCUT2D eigenvalue weighted by Crippen LogP contribution is 2.30. The van der Waals surface area contributed by atoms with E-state index in [4.69, 9.17) is 10.5 Å². The van der Waals surface area contributed by atoms with Crippen LogP contribution < -0.4 is 15.8 Å². The minimum atomic E-state index is 0.142. The minimum absolute atomic E-state index is 0.142. The molecular weight excluding hydrogens is 378 g/mol.